The fraction of sp³-hybridized carbons (Fsp3) is 0.714. The Balaban J connectivity index is 4.31. The molecular formula is C49H84O5. The molecule has 0 radical (unpaired) electrons. The van der Waals surface area contributed by atoms with E-state index in [1.807, 2.05) is 0 Å². The monoisotopic (exact) mass is 753 g/mol. The van der Waals surface area contributed by atoms with Gasteiger partial charge in [0.25, 0.3) is 0 Å². The van der Waals surface area contributed by atoms with E-state index in [2.05, 4.69) is 93.7 Å². The molecule has 1 atom stereocenters. The largest absolute Gasteiger partial charge is 0.462 e. The van der Waals surface area contributed by atoms with Gasteiger partial charge in [-0.3, -0.25) is 9.59 Å². The minimum absolute atomic E-state index is 0.0622. The summed E-state index contributed by atoms with van der Waals surface area (Å²) < 4.78 is 17.2. The van der Waals surface area contributed by atoms with Crippen LogP contribution in [0, 0.1) is 0 Å². The number of allylic oxidation sites excluding steroid dienone is 12. The van der Waals surface area contributed by atoms with Gasteiger partial charge >= 0.3 is 11.9 Å². The van der Waals surface area contributed by atoms with E-state index in [0.717, 1.165) is 89.9 Å². The number of carbonyl (C=O) groups excluding carboxylic acids is 2. The van der Waals surface area contributed by atoms with Crippen molar-refractivity contribution in [3.05, 3.63) is 72.9 Å². The van der Waals surface area contributed by atoms with Crippen molar-refractivity contribution in [1.29, 1.82) is 0 Å². The summed E-state index contributed by atoms with van der Waals surface area (Å²) in [7, 11) is 0. The first-order chi connectivity index (χ1) is 26.6. The van der Waals surface area contributed by atoms with Crippen molar-refractivity contribution in [1.82, 2.24) is 0 Å². The Hall–Kier alpha value is -2.66. The molecular weight excluding hydrogens is 669 g/mol. The number of carbonyl (C=O) groups is 2. The Bertz CT molecular complexity index is 988. The number of ether oxygens (including phenoxy) is 3. The smallest absolute Gasteiger partial charge is 0.306 e. The lowest BCUT2D eigenvalue weighted by atomic mass is 10.1. The third-order valence-corrected chi connectivity index (χ3v) is 9.23. The van der Waals surface area contributed by atoms with Gasteiger partial charge in [0.2, 0.25) is 0 Å². The molecule has 0 aromatic carbocycles. The van der Waals surface area contributed by atoms with Crippen LogP contribution in [0.15, 0.2) is 72.9 Å². The molecule has 0 N–H and O–H groups in total. The lowest BCUT2D eigenvalue weighted by Gasteiger charge is -2.18. The predicted octanol–water partition coefficient (Wildman–Crippen LogP) is 14.8. The third-order valence-electron chi connectivity index (χ3n) is 9.23. The van der Waals surface area contributed by atoms with Crippen molar-refractivity contribution in [3.8, 4) is 0 Å². The van der Waals surface area contributed by atoms with E-state index in [1.54, 1.807) is 0 Å². The summed E-state index contributed by atoms with van der Waals surface area (Å²) in [5, 5.41) is 0. The van der Waals surface area contributed by atoms with Crippen LogP contribution in [0.5, 0.6) is 0 Å². The molecule has 0 aliphatic heterocycles. The summed E-state index contributed by atoms with van der Waals surface area (Å²) in [4.78, 5) is 25.1. The van der Waals surface area contributed by atoms with Gasteiger partial charge in [0.05, 0.1) is 6.61 Å². The van der Waals surface area contributed by atoms with Gasteiger partial charge in [0.1, 0.15) is 6.61 Å². The first kappa shape index (κ1) is 51.3. The van der Waals surface area contributed by atoms with Crippen molar-refractivity contribution < 1.29 is 23.8 Å². The van der Waals surface area contributed by atoms with Gasteiger partial charge in [0.15, 0.2) is 6.10 Å². The summed E-state index contributed by atoms with van der Waals surface area (Å²) >= 11 is 0. The molecule has 0 bridgehead atoms. The summed E-state index contributed by atoms with van der Waals surface area (Å²) in [6, 6.07) is 0. The van der Waals surface area contributed by atoms with Crippen LogP contribution in [0.3, 0.4) is 0 Å². The van der Waals surface area contributed by atoms with Crippen molar-refractivity contribution in [2.24, 2.45) is 0 Å². The van der Waals surface area contributed by atoms with Crippen LogP contribution in [0.1, 0.15) is 201 Å². The van der Waals surface area contributed by atoms with Crippen LogP contribution in [0.2, 0.25) is 0 Å². The molecule has 0 amide bonds. The standard InChI is InChI=1S/C49H84O5/c1-4-7-10-13-16-19-21-22-23-24-25-26-27-29-32-35-38-41-44-52-45-47(54-49(51)43-40-37-34-30-18-15-12-9-6-3)46-53-48(50)42-39-36-33-31-28-20-17-14-11-8-5-2/h7,10,14,16-17,19,22-23,25-26,29,32,47H,4-6,8-9,11-13,15,18,20-21,24,27-28,30-31,33-46H2,1-3H3/b10-7-,17-14-,19-16-,23-22-,26-25-,32-29-. The van der Waals surface area contributed by atoms with E-state index in [0.29, 0.717) is 19.4 Å². The molecule has 0 aliphatic carbocycles. The molecule has 310 valence electrons. The molecule has 5 nitrogen and oxygen atoms in total. The summed E-state index contributed by atoms with van der Waals surface area (Å²) in [6.45, 7) is 7.54. The maximum atomic E-state index is 12.7. The van der Waals surface area contributed by atoms with Gasteiger partial charge < -0.3 is 14.2 Å². The van der Waals surface area contributed by atoms with E-state index in [1.165, 1.54) is 77.0 Å². The Morgan fingerprint density at radius 2 is 0.852 bits per heavy atom. The fourth-order valence-corrected chi connectivity index (χ4v) is 5.87. The molecule has 54 heavy (non-hydrogen) atoms. The highest BCUT2D eigenvalue weighted by Gasteiger charge is 2.17. The molecule has 0 aromatic heterocycles. The normalized spacial score (nSPS) is 12.9. The number of esters is 2. The Morgan fingerprint density at radius 1 is 0.426 bits per heavy atom. The minimum Gasteiger partial charge on any atom is -0.462 e. The zero-order valence-corrected chi connectivity index (χ0v) is 35.5. The zero-order valence-electron chi connectivity index (χ0n) is 35.5. The van der Waals surface area contributed by atoms with Gasteiger partial charge in [-0.15, -0.1) is 0 Å². The highest BCUT2D eigenvalue weighted by molar-refractivity contribution is 5.70. The number of hydrogen-bond donors (Lipinski definition) is 0. The van der Waals surface area contributed by atoms with Crippen LogP contribution in [0.25, 0.3) is 0 Å². The van der Waals surface area contributed by atoms with Crippen molar-refractivity contribution in [2.75, 3.05) is 19.8 Å². The van der Waals surface area contributed by atoms with Crippen LogP contribution in [-0.4, -0.2) is 37.9 Å². The first-order valence-corrected chi connectivity index (χ1v) is 22.5. The maximum Gasteiger partial charge on any atom is 0.306 e. The van der Waals surface area contributed by atoms with E-state index >= 15 is 0 Å². The van der Waals surface area contributed by atoms with Crippen LogP contribution in [-0.2, 0) is 23.8 Å². The molecule has 5 heteroatoms. The van der Waals surface area contributed by atoms with Gasteiger partial charge in [0, 0.05) is 19.4 Å². The number of rotatable bonds is 40. The van der Waals surface area contributed by atoms with E-state index < -0.39 is 6.10 Å². The SMILES string of the molecule is CC/C=C\C/C=C\C/C=C\C/C=C\C/C=C\CCCCOCC(COC(=O)CCCCCCC/C=C\CCCC)OC(=O)CCCCCCCCCCC. The minimum atomic E-state index is -0.559. The van der Waals surface area contributed by atoms with Gasteiger partial charge in [-0.05, 0) is 83.5 Å². The topological polar surface area (TPSA) is 61.8 Å². The number of unbranched alkanes of at least 4 members (excludes halogenated alkanes) is 17. The quantitative estimate of drug-likeness (QED) is 0.0354. The summed E-state index contributed by atoms with van der Waals surface area (Å²) in [5.74, 6) is -0.438. The van der Waals surface area contributed by atoms with Crippen LogP contribution < -0.4 is 0 Å². The second-order valence-corrected chi connectivity index (χ2v) is 14.6. The van der Waals surface area contributed by atoms with Gasteiger partial charge in [-0.25, -0.2) is 0 Å². The summed E-state index contributed by atoms with van der Waals surface area (Å²) in [6.07, 6.45) is 56.2. The highest BCUT2D eigenvalue weighted by Crippen LogP contribution is 2.13. The van der Waals surface area contributed by atoms with Crippen molar-refractivity contribution in [3.63, 3.8) is 0 Å². The van der Waals surface area contributed by atoms with Gasteiger partial charge in [-0.1, -0.05) is 177 Å². The predicted molar refractivity (Wildman–Crippen MR) is 233 cm³/mol. The van der Waals surface area contributed by atoms with Gasteiger partial charge in [-0.2, -0.15) is 0 Å². The molecule has 0 fully saturated rings. The Labute approximate surface area is 334 Å². The van der Waals surface area contributed by atoms with E-state index in [4.69, 9.17) is 14.2 Å². The Morgan fingerprint density at radius 3 is 1.41 bits per heavy atom. The maximum absolute atomic E-state index is 12.7. The average Bonchev–Trinajstić information content (AvgIpc) is 3.17. The van der Waals surface area contributed by atoms with E-state index in [9.17, 15) is 9.59 Å². The first-order valence-electron chi connectivity index (χ1n) is 22.5. The molecule has 0 rings (SSSR count). The lowest BCUT2D eigenvalue weighted by Crippen LogP contribution is -2.30. The fourth-order valence-electron chi connectivity index (χ4n) is 5.87. The van der Waals surface area contributed by atoms with Crippen molar-refractivity contribution >= 4 is 11.9 Å². The lowest BCUT2D eigenvalue weighted by molar-refractivity contribution is -0.163. The van der Waals surface area contributed by atoms with Crippen LogP contribution >= 0.6 is 0 Å². The molecule has 0 saturated heterocycles. The zero-order chi connectivity index (χ0) is 39.3. The number of hydrogen-bond acceptors (Lipinski definition) is 5. The van der Waals surface area contributed by atoms with Crippen LogP contribution in [0.4, 0.5) is 0 Å². The Kier molecular flexibility index (Phi) is 42.5. The second-order valence-electron chi connectivity index (χ2n) is 14.6. The third kappa shape index (κ3) is 42.1. The molecule has 0 spiro atoms. The van der Waals surface area contributed by atoms with Crippen molar-refractivity contribution in [2.45, 2.75) is 207 Å². The molecule has 0 aromatic rings. The molecule has 0 heterocycles. The van der Waals surface area contributed by atoms with E-state index in [-0.39, 0.29) is 25.2 Å². The molecule has 1 unspecified atom stereocenters. The second kappa shape index (κ2) is 44.7. The molecule has 0 aliphatic rings. The summed E-state index contributed by atoms with van der Waals surface area (Å²) in [5.41, 5.74) is 0. The average molecular weight is 753 g/mol. The highest BCUT2D eigenvalue weighted by atomic mass is 16.6. The molecule has 0 saturated carbocycles.